The van der Waals surface area contributed by atoms with Crippen LogP contribution in [-0.4, -0.2) is 160 Å². The number of esters is 6. The van der Waals surface area contributed by atoms with E-state index in [0.29, 0.717) is 77.3 Å². The Bertz CT molecular complexity index is 1410. The van der Waals surface area contributed by atoms with Crippen LogP contribution in [0.15, 0.2) is 36.5 Å². The molecule has 0 aromatic rings. The van der Waals surface area contributed by atoms with E-state index in [2.05, 4.69) is 19.7 Å². The van der Waals surface area contributed by atoms with Gasteiger partial charge in [-0.1, -0.05) is 51.8 Å². The fourth-order valence-corrected chi connectivity index (χ4v) is 5.40. The van der Waals surface area contributed by atoms with E-state index in [0.717, 1.165) is 89.9 Å². The van der Waals surface area contributed by atoms with Gasteiger partial charge in [-0.05, 0) is 97.8 Å². The summed E-state index contributed by atoms with van der Waals surface area (Å²) >= 11 is 0. The van der Waals surface area contributed by atoms with Gasteiger partial charge in [-0.25, -0.2) is 14.4 Å². The Morgan fingerprint density at radius 2 is 1.04 bits per heavy atom. The number of cyclic esters (lactones) is 1. The van der Waals surface area contributed by atoms with Crippen LogP contribution in [0.25, 0.3) is 0 Å². The molecule has 19 heteroatoms. The molecule has 2 aliphatic heterocycles. The second-order valence-electron chi connectivity index (χ2n) is 16.9. The molecule has 3 atom stereocenters. The minimum atomic E-state index is -0.895. The number of carbonyl (C=O) groups excluding carboxylic acids is 6. The zero-order valence-corrected chi connectivity index (χ0v) is 42.6. The van der Waals surface area contributed by atoms with Crippen molar-refractivity contribution in [1.82, 2.24) is 0 Å². The molecule has 2 saturated heterocycles. The van der Waals surface area contributed by atoms with E-state index in [1.165, 1.54) is 13.8 Å². The number of ether oxygens (including phenoxy) is 9. The average Bonchev–Trinajstić information content (AvgIpc) is 4.20. The molecule has 0 aliphatic carbocycles. The van der Waals surface area contributed by atoms with Gasteiger partial charge in [0.1, 0.15) is 32.0 Å². The van der Waals surface area contributed by atoms with Gasteiger partial charge in [0.05, 0.1) is 33.0 Å². The highest BCUT2D eigenvalue weighted by Gasteiger charge is 2.24. The molecular weight excluding hydrogens is 917 g/mol. The summed E-state index contributed by atoms with van der Waals surface area (Å²) < 4.78 is 46.0. The number of carbonyl (C=O) groups is 6. The number of aliphatic hydroxyl groups excluding tert-OH is 4. The largest absolute Gasteiger partial charge is 0.466 e. The van der Waals surface area contributed by atoms with Gasteiger partial charge in [0.15, 0.2) is 6.10 Å². The first-order valence-corrected chi connectivity index (χ1v) is 24.8. The molecule has 0 aromatic heterocycles. The maximum atomic E-state index is 12.1. The van der Waals surface area contributed by atoms with Gasteiger partial charge in [-0.15, -0.1) is 0 Å². The lowest BCUT2D eigenvalue weighted by molar-refractivity contribution is -0.161. The summed E-state index contributed by atoms with van der Waals surface area (Å²) in [7, 11) is 0. The van der Waals surface area contributed by atoms with Crippen LogP contribution in [0.1, 0.15) is 149 Å². The summed E-state index contributed by atoms with van der Waals surface area (Å²) in [6, 6.07) is 0. The summed E-state index contributed by atoms with van der Waals surface area (Å²) in [5.74, 6) is -2.11. The lowest BCUT2D eigenvalue weighted by atomic mass is 10.2. The lowest BCUT2D eigenvalue weighted by Gasteiger charge is -2.18. The first kappa shape index (κ1) is 67.8. The lowest BCUT2D eigenvalue weighted by Crippen LogP contribution is -2.30. The van der Waals surface area contributed by atoms with Gasteiger partial charge in [-0.2, -0.15) is 0 Å². The van der Waals surface area contributed by atoms with Gasteiger partial charge in [-0.3, -0.25) is 14.4 Å². The molecule has 0 aromatic carbocycles. The second-order valence-corrected chi connectivity index (χ2v) is 16.9. The Morgan fingerprint density at radius 1 is 0.571 bits per heavy atom. The number of hydrogen-bond acceptors (Lipinski definition) is 19. The summed E-state index contributed by atoms with van der Waals surface area (Å²) in [5.41, 5.74) is 0.954. The minimum Gasteiger partial charge on any atom is -0.466 e. The Morgan fingerprint density at radius 3 is 1.59 bits per heavy atom. The van der Waals surface area contributed by atoms with Crippen molar-refractivity contribution in [3.05, 3.63) is 36.5 Å². The third-order valence-electron chi connectivity index (χ3n) is 9.58. The second kappa shape index (κ2) is 48.4. The SMILES string of the molecule is C=C(C)C(=O)OCC(O)COCCCCCC(=O)OCCCCCCOCC(COC(=O)C(=C)C)OC(=O)CCCCCO.C=C(C)C(=O)OCC1CO1.O=C1CCCCCO1.OCCCCCCO. The van der Waals surface area contributed by atoms with Gasteiger partial charge in [0.25, 0.3) is 0 Å². The predicted octanol–water partition coefficient (Wildman–Crippen LogP) is 5.89. The van der Waals surface area contributed by atoms with Crippen LogP contribution >= 0.6 is 0 Å². The molecule has 2 heterocycles. The third-order valence-corrected chi connectivity index (χ3v) is 9.58. The minimum absolute atomic E-state index is 0.0255. The summed E-state index contributed by atoms with van der Waals surface area (Å²) in [6.07, 6.45) is 14.2. The highest BCUT2D eigenvalue weighted by Crippen LogP contribution is 2.11. The van der Waals surface area contributed by atoms with Crippen LogP contribution in [-0.2, 0) is 71.4 Å². The van der Waals surface area contributed by atoms with E-state index in [1.807, 2.05) is 0 Å². The Balaban J connectivity index is 0. The molecule has 3 unspecified atom stereocenters. The monoisotopic (exact) mass is 1000 g/mol. The zero-order valence-electron chi connectivity index (χ0n) is 42.6. The van der Waals surface area contributed by atoms with Crippen molar-refractivity contribution in [2.45, 2.75) is 167 Å². The highest BCUT2D eigenvalue weighted by molar-refractivity contribution is 5.87. The van der Waals surface area contributed by atoms with Gasteiger partial charge in [0.2, 0.25) is 0 Å². The number of epoxide rings is 1. The topological polar surface area (TPSA) is 270 Å². The van der Waals surface area contributed by atoms with Crippen LogP contribution in [0.3, 0.4) is 0 Å². The summed E-state index contributed by atoms with van der Waals surface area (Å²) in [6.45, 7) is 18.6. The summed E-state index contributed by atoms with van der Waals surface area (Å²) in [5, 5.41) is 35.2. The van der Waals surface area contributed by atoms with Gasteiger partial charge >= 0.3 is 35.8 Å². The molecule has 0 amide bonds. The normalized spacial score (nSPS) is 14.4. The van der Waals surface area contributed by atoms with Crippen LogP contribution in [0.5, 0.6) is 0 Å². The van der Waals surface area contributed by atoms with E-state index in [9.17, 15) is 33.9 Å². The predicted molar refractivity (Wildman–Crippen MR) is 260 cm³/mol. The maximum absolute atomic E-state index is 12.1. The van der Waals surface area contributed by atoms with E-state index < -0.39 is 30.1 Å². The van der Waals surface area contributed by atoms with Gasteiger partial charge < -0.3 is 63.1 Å². The summed E-state index contributed by atoms with van der Waals surface area (Å²) in [4.78, 5) is 68.1. The van der Waals surface area contributed by atoms with Crippen molar-refractivity contribution < 1.29 is 91.8 Å². The Labute approximate surface area is 416 Å². The van der Waals surface area contributed by atoms with Crippen LogP contribution < -0.4 is 0 Å². The molecule has 0 radical (unpaired) electrons. The molecule has 0 bridgehead atoms. The van der Waals surface area contributed by atoms with Crippen molar-refractivity contribution in [1.29, 1.82) is 0 Å². The maximum Gasteiger partial charge on any atom is 0.333 e. The molecule has 2 fully saturated rings. The van der Waals surface area contributed by atoms with Crippen molar-refractivity contribution in [3.8, 4) is 0 Å². The standard InChI is InChI=1S/C32H54O12.C7H10O3.C6H10O2.C6H14O2/c1-25(2)31(37)42-22-27(34)21-39-18-13-8-10-15-29(35)41-20-14-6-5-12-19-40-23-28(24-43-32(38)26(3)4)44-30(36)16-9-7-11-17-33;1-5(2)7(8)10-4-6-3-9-6;7-6-4-2-1-3-5-8-6;7-5-3-1-2-4-6-8/h27-28,33-34H,1,3,5-24H2,2,4H3;6H,1,3-4H2,2H3;1-5H2;7-8H,1-6H2. The third kappa shape index (κ3) is 48.8. The van der Waals surface area contributed by atoms with Crippen molar-refractivity contribution >= 4 is 35.8 Å². The quantitative estimate of drug-likeness (QED) is 0.0186. The number of hydrogen-bond donors (Lipinski definition) is 4. The molecule has 2 aliphatic rings. The highest BCUT2D eigenvalue weighted by atomic mass is 16.6. The van der Waals surface area contributed by atoms with Crippen molar-refractivity contribution in [2.24, 2.45) is 0 Å². The molecule has 2 rings (SSSR count). The molecule has 406 valence electrons. The zero-order chi connectivity index (χ0) is 52.6. The van der Waals surface area contributed by atoms with E-state index in [1.54, 1.807) is 6.92 Å². The molecule has 70 heavy (non-hydrogen) atoms. The number of aliphatic hydroxyl groups is 4. The average molecular weight is 1010 g/mol. The fraction of sp³-hybridized carbons (Fsp3) is 0.765. The molecular formula is C51H88O19. The smallest absolute Gasteiger partial charge is 0.333 e. The molecule has 19 nitrogen and oxygen atoms in total. The van der Waals surface area contributed by atoms with E-state index in [4.69, 9.17) is 58.0 Å². The first-order chi connectivity index (χ1) is 33.6. The first-order valence-electron chi connectivity index (χ1n) is 24.8. The van der Waals surface area contributed by atoms with E-state index in [-0.39, 0.29) is 87.8 Å². The molecule has 0 saturated carbocycles. The number of unbranched alkanes of at least 4 members (excludes halogenated alkanes) is 10. The van der Waals surface area contributed by atoms with Gasteiger partial charge in [0, 0.05) is 69.0 Å². The fourth-order valence-electron chi connectivity index (χ4n) is 5.40. The van der Waals surface area contributed by atoms with Crippen LogP contribution in [0.2, 0.25) is 0 Å². The van der Waals surface area contributed by atoms with Crippen LogP contribution in [0, 0.1) is 0 Å². The van der Waals surface area contributed by atoms with Crippen LogP contribution in [0.4, 0.5) is 0 Å². The molecule has 0 spiro atoms. The van der Waals surface area contributed by atoms with E-state index >= 15 is 0 Å². The molecule has 4 N–H and O–H groups in total. The number of rotatable bonds is 37. The Kier molecular flexibility index (Phi) is 46.9. The van der Waals surface area contributed by atoms with Crippen molar-refractivity contribution in [3.63, 3.8) is 0 Å². The Hall–Kier alpha value is -4.24. The van der Waals surface area contributed by atoms with Crippen molar-refractivity contribution in [2.75, 3.05) is 85.9 Å².